The summed E-state index contributed by atoms with van der Waals surface area (Å²) in [7, 11) is 3.24. The molecule has 0 amide bonds. The van der Waals surface area contributed by atoms with E-state index in [1.54, 1.807) is 31.9 Å². The number of rotatable bonds is 5. The quantitative estimate of drug-likeness (QED) is 0.885. The molecule has 0 fully saturated rings. The maximum absolute atomic E-state index is 12.7. The Morgan fingerprint density at radius 2 is 2.15 bits per heavy atom. The van der Waals surface area contributed by atoms with Crippen LogP contribution < -0.4 is 10.9 Å². The summed E-state index contributed by atoms with van der Waals surface area (Å²) in [6.45, 7) is 6.11. The van der Waals surface area contributed by atoms with Gasteiger partial charge in [0.25, 0.3) is 5.56 Å². The van der Waals surface area contributed by atoms with E-state index >= 15 is 0 Å². The predicted octanol–water partition coefficient (Wildman–Crippen LogP) is 2.17. The third-order valence-corrected chi connectivity index (χ3v) is 4.63. The van der Waals surface area contributed by atoms with Crippen molar-refractivity contribution in [1.29, 1.82) is 0 Å². The molecule has 1 aliphatic rings. The summed E-state index contributed by atoms with van der Waals surface area (Å²) >= 11 is 0. The zero-order chi connectivity index (χ0) is 18.9. The first-order valence-corrected chi connectivity index (χ1v) is 8.50. The number of aromatic nitrogens is 3. The summed E-state index contributed by atoms with van der Waals surface area (Å²) < 4.78 is 12.2. The molecule has 0 saturated heterocycles. The molecular weight excluding hydrogens is 332 g/mol. The SMILES string of the molecule is COCC(C)n1c(=O)c(C)nc2c(C3(C)C=CC=C(OC)N3)ccnc21. The number of pyridine rings is 1. The van der Waals surface area contributed by atoms with Crippen molar-refractivity contribution in [3.05, 3.63) is 58.0 Å². The van der Waals surface area contributed by atoms with Gasteiger partial charge in [-0.2, -0.15) is 0 Å². The predicted molar refractivity (Wildman–Crippen MR) is 99.8 cm³/mol. The molecule has 2 aromatic rings. The van der Waals surface area contributed by atoms with Crippen molar-refractivity contribution in [3.63, 3.8) is 0 Å². The monoisotopic (exact) mass is 356 g/mol. The van der Waals surface area contributed by atoms with E-state index in [2.05, 4.69) is 15.3 Å². The maximum Gasteiger partial charge on any atom is 0.273 e. The first kappa shape index (κ1) is 18.1. The zero-order valence-electron chi connectivity index (χ0n) is 15.7. The molecular formula is C19H24N4O3. The molecule has 3 rings (SSSR count). The number of methoxy groups -OCH3 is 2. The van der Waals surface area contributed by atoms with Crippen LogP contribution in [0.1, 0.15) is 31.1 Å². The molecule has 1 aliphatic heterocycles. The molecule has 138 valence electrons. The fraction of sp³-hybridized carbons (Fsp3) is 0.421. The Kier molecular flexibility index (Phi) is 4.82. The first-order chi connectivity index (χ1) is 12.4. The Labute approximate surface area is 152 Å². The summed E-state index contributed by atoms with van der Waals surface area (Å²) in [6.07, 6.45) is 7.55. The van der Waals surface area contributed by atoms with E-state index in [4.69, 9.17) is 9.47 Å². The van der Waals surface area contributed by atoms with Gasteiger partial charge >= 0.3 is 0 Å². The van der Waals surface area contributed by atoms with E-state index in [9.17, 15) is 4.79 Å². The average molecular weight is 356 g/mol. The van der Waals surface area contributed by atoms with Gasteiger partial charge in [0.05, 0.1) is 25.3 Å². The summed E-state index contributed by atoms with van der Waals surface area (Å²) in [5.41, 5.74) is 1.90. The van der Waals surface area contributed by atoms with Crippen molar-refractivity contribution in [2.75, 3.05) is 20.8 Å². The van der Waals surface area contributed by atoms with Crippen molar-refractivity contribution in [3.8, 4) is 0 Å². The van der Waals surface area contributed by atoms with Crippen LogP contribution in [0.3, 0.4) is 0 Å². The standard InChI is InChI=1S/C19H24N4O3/c1-12(11-25-4)23-17-16(21-13(2)18(23)24)14(8-10-20-17)19(3)9-6-7-15(22-19)26-5/h6-10,12,22H,11H2,1-5H3. The van der Waals surface area contributed by atoms with E-state index in [0.717, 1.165) is 5.56 Å². The van der Waals surface area contributed by atoms with Crippen LogP contribution in [0.5, 0.6) is 0 Å². The number of allylic oxidation sites excluding steroid dienone is 2. The highest BCUT2D eigenvalue weighted by Gasteiger charge is 2.30. The van der Waals surface area contributed by atoms with Crippen molar-refractivity contribution in [1.82, 2.24) is 19.9 Å². The van der Waals surface area contributed by atoms with Gasteiger partial charge in [-0.25, -0.2) is 9.97 Å². The van der Waals surface area contributed by atoms with Crippen molar-refractivity contribution in [2.45, 2.75) is 32.4 Å². The van der Waals surface area contributed by atoms with Crippen LogP contribution in [-0.2, 0) is 15.0 Å². The molecule has 0 saturated carbocycles. The lowest BCUT2D eigenvalue weighted by atomic mass is 9.89. The molecule has 0 aliphatic carbocycles. The summed E-state index contributed by atoms with van der Waals surface area (Å²) in [5, 5.41) is 3.37. The highest BCUT2D eigenvalue weighted by molar-refractivity contribution is 5.76. The van der Waals surface area contributed by atoms with E-state index in [-0.39, 0.29) is 11.6 Å². The maximum atomic E-state index is 12.7. The minimum absolute atomic E-state index is 0.151. The number of fused-ring (bicyclic) bond motifs is 1. The van der Waals surface area contributed by atoms with Gasteiger partial charge in [-0.15, -0.1) is 0 Å². The van der Waals surface area contributed by atoms with Gasteiger partial charge in [-0.3, -0.25) is 9.36 Å². The van der Waals surface area contributed by atoms with Crippen LogP contribution in [-0.4, -0.2) is 35.4 Å². The molecule has 7 heteroatoms. The molecule has 0 radical (unpaired) electrons. The van der Waals surface area contributed by atoms with E-state index in [1.807, 2.05) is 38.1 Å². The van der Waals surface area contributed by atoms with Crippen LogP contribution in [0.2, 0.25) is 0 Å². The van der Waals surface area contributed by atoms with Crippen LogP contribution in [0, 0.1) is 6.92 Å². The Balaban J connectivity index is 2.25. The van der Waals surface area contributed by atoms with Gasteiger partial charge in [-0.1, -0.05) is 12.2 Å². The summed E-state index contributed by atoms with van der Waals surface area (Å²) in [6, 6.07) is 1.76. The highest BCUT2D eigenvalue weighted by Crippen LogP contribution is 2.31. The largest absolute Gasteiger partial charge is 0.482 e. The number of hydrogen-bond donors (Lipinski definition) is 1. The lowest BCUT2D eigenvalue weighted by molar-refractivity contribution is 0.162. The fourth-order valence-electron chi connectivity index (χ4n) is 3.30. The summed E-state index contributed by atoms with van der Waals surface area (Å²) in [4.78, 5) is 21.7. The molecule has 1 N–H and O–H groups in total. The van der Waals surface area contributed by atoms with Gasteiger partial charge in [0.15, 0.2) is 11.5 Å². The van der Waals surface area contributed by atoms with Crippen LogP contribution in [0.4, 0.5) is 0 Å². The number of dihydropyridines is 1. The number of ether oxygens (including phenoxy) is 2. The van der Waals surface area contributed by atoms with Crippen molar-refractivity contribution in [2.24, 2.45) is 0 Å². The van der Waals surface area contributed by atoms with Gasteiger partial charge in [0.2, 0.25) is 0 Å². The van der Waals surface area contributed by atoms with Gasteiger partial charge in [0, 0.05) is 18.9 Å². The molecule has 0 spiro atoms. The van der Waals surface area contributed by atoms with Crippen LogP contribution in [0.25, 0.3) is 11.2 Å². The highest BCUT2D eigenvalue weighted by atomic mass is 16.5. The molecule has 2 unspecified atom stereocenters. The molecule has 2 atom stereocenters. The normalized spacial score (nSPS) is 20.6. The number of nitrogens with zero attached hydrogens (tertiary/aromatic N) is 3. The second-order valence-corrected chi connectivity index (χ2v) is 6.63. The second-order valence-electron chi connectivity index (χ2n) is 6.63. The smallest absolute Gasteiger partial charge is 0.273 e. The molecule has 3 heterocycles. The first-order valence-electron chi connectivity index (χ1n) is 8.50. The Hall–Kier alpha value is -2.67. The van der Waals surface area contributed by atoms with Crippen molar-refractivity contribution < 1.29 is 9.47 Å². The number of nitrogens with one attached hydrogen (secondary N) is 1. The van der Waals surface area contributed by atoms with Gasteiger partial charge in [-0.05, 0) is 32.9 Å². The third kappa shape index (κ3) is 2.99. The Bertz CT molecular complexity index is 948. The minimum atomic E-state index is -0.534. The lowest BCUT2D eigenvalue weighted by Gasteiger charge is -2.32. The summed E-state index contributed by atoms with van der Waals surface area (Å²) in [5.74, 6) is 0.665. The number of aryl methyl sites for hydroxylation is 1. The molecule has 2 aromatic heterocycles. The molecule has 0 bridgehead atoms. The molecule has 7 nitrogen and oxygen atoms in total. The average Bonchev–Trinajstić information content (AvgIpc) is 2.62. The zero-order valence-corrected chi connectivity index (χ0v) is 15.7. The third-order valence-electron chi connectivity index (χ3n) is 4.63. The van der Waals surface area contributed by atoms with E-state index in [0.29, 0.717) is 29.3 Å². The fourth-order valence-corrected chi connectivity index (χ4v) is 3.30. The Morgan fingerprint density at radius 1 is 1.38 bits per heavy atom. The van der Waals surface area contributed by atoms with E-state index < -0.39 is 5.54 Å². The minimum Gasteiger partial charge on any atom is -0.482 e. The van der Waals surface area contributed by atoms with Crippen LogP contribution >= 0.6 is 0 Å². The van der Waals surface area contributed by atoms with Crippen molar-refractivity contribution >= 4 is 11.2 Å². The second kappa shape index (κ2) is 6.92. The molecule has 26 heavy (non-hydrogen) atoms. The lowest BCUT2D eigenvalue weighted by Crippen LogP contribution is -2.40. The van der Waals surface area contributed by atoms with Gasteiger partial charge in [0.1, 0.15) is 11.2 Å². The van der Waals surface area contributed by atoms with Gasteiger partial charge < -0.3 is 14.8 Å². The number of hydrogen-bond acceptors (Lipinski definition) is 6. The topological polar surface area (TPSA) is 78.3 Å². The Morgan fingerprint density at radius 3 is 2.85 bits per heavy atom. The van der Waals surface area contributed by atoms with E-state index in [1.165, 1.54) is 0 Å². The molecule has 0 aromatic carbocycles. The van der Waals surface area contributed by atoms with Crippen LogP contribution in [0.15, 0.2) is 41.2 Å².